The molecule has 4 rings (SSSR count). The summed E-state index contributed by atoms with van der Waals surface area (Å²) in [6.07, 6.45) is 7.89. The van der Waals surface area contributed by atoms with Gasteiger partial charge in [-0.15, -0.1) is 0 Å². The monoisotopic (exact) mass is 492 g/mol. The van der Waals surface area contributed by atoms with E-state index >= 15 is 0 Å². The first-order chi connectivity index (χ1) is 17.4. The van der Waals surface area contributed by atoms with Crippen LogP contribution in [0.5, 0.6) is 5.88 Å². The minimum absolute atomic E-state index is 0.106. The first-order valence-electron chi connectivity index (χ1n) is 12.7. The Balaban J connectivity index is 1.61. The number of fused-ring (bicyclic) bond motifs is 1. The standard InChI is InChI=1S/C28H36N4O4/c1-19-16-32(20(2)18-33)27(34)24-14-22(21-10-6-4-7-11-21)15-29-26(24)36-25(19)17-31(3)28(35)30-23-12-8-5-9-13-23/h5,8-10,12-15,19-20,25,33H,4,6-7,11,16-18H2,1-3H3,(H,30,35)/t19-,20+,25+/m0/s1. The molecule has 0 unspecified atom stereocenters. The molecule has 8 heteroatoms. The topological polar surface area (TPSA) is 95.0 Å². The Kier molecular flexibility index (Phi) is 8.25. The number of pyridine rings is 1. The summed E-state index contributed by atoms with van der Waals surface area (Å²) in [5, 5.41) is 12.8. The number of allylic oxidation sites excluding steroid dienone is 2. The maximum absolute atomic E-state index is 13.6. The molecule has 3 atom stereocenters. The van der Waals surface area contributed by atoms with Crippen LogP contribution in [0.4, 0.5) is 10.5 Å². The van der Waals surface area contributed by atoms with Crippen molar-refractivity contribution in [1.82, 2.24) is 14.8 Å². The fourth-order valence-electron chi connectivity index (χ4n) is 4.69. The molecular formula is C28H36N4O4. The molecule has 0 spiro atoms. The summed E-state index contributed by atoms with van der Waals surface area (Å²) in [5.41, 5.74) is 3.25. The third-order valence-electron chi connectivity index (χ3n) is 7.01. The van der Waals surface area contributed by atoms with Crippen LogP contribution in [0.3, 0.4) is 0 Å². The first kappa shape index (κ1) is 25.7. The van der Waals surface area contributed by atoms with Crippen molar-refractivity contribution in [3.63, 3.8) is 0 Å². The van der Waals surface area contributed by atoms with E-state index in [4.69, 9.17) is 4.74 Å². The molecule has 36 heavy (non-hydrogen) atoms. The first-order valence-corrected chi connectivity index (χ1v) is 12.7. The lowest BCUT2D eigenvalue weighted by molar-refractivity contribution is 0.0356. The fraction of sp³-hybridized carbons (Fsp3) is 0.464. The van der Waals surface area contributed by atoms with E-state index in [0.717, 1.165) is 24.8 Å². The number of anilines is 1. The molecule has 2 aromatic rings. The van der Waals surface area contributed by atoms with Gasteiger partial charge in [0.25, 0.3) is 5.91 Å². The predicted molar refractivity (Wildman–Crippen MR) is 140 cm³/mol. The zero-order chi connectivity index (χ0) is 25.7. The third kappa shape index (κ3) is 5.87. The number of carbonyl (C=O) groups excluding carboxylic acids is 2. The maximum Gasteiger partial charge on any atom is 0.321 e. The van der Waals surface area contributed by atoms with Crippen LogP contribution < -0.4 is 10.1 Å². The number of rotatable bonds is 6. The summed E-state index contributed by atoms with van der Waals surface area (Å²) in [7, 11) is 1.72. The molecule has 1 aromatic heterocycles. The van der Waals surface area contributed by atoms with Crippen LogP contribution in [0, 0.1) is 5.92 Å². The third-order valence-corrected chi connectivity index (χ3v) is 7.01. The Bertz CT molecular complexity index is 1100. The van der Waals surface area contributed by atoms with E-state index in [0.29, 0.717) is 24.3 Å². The van der Waals surface area contributed by atoms with E-state index < -0.39 is 6.10 Å². The molecule has 2 N–H and O–H groups in total. The van der Waals surface area contributed by atoms with Crippen molar-refractivity contribution in [2.24, 2.45) is 5.92 Å². The van der Waals surface area contributed by atoms with Gasteiger partial charge in [0.15, 0.2) is 0 Å². The Labute approximate surface area is 213 Å². The number of aromatic nitrogens is 1. The molecule has 1 aromatic carbocycles. The number of hydrogen-bond acceptors (Lipinski definition) is 5. The predicted octanol–water partition coefficient (Wildman–Crippen LogP) is 4.42. The summed E-state index contributed by atoms with van der Waals surface area (Å²) in [4.78, 5) is 34.3. The van der Waals surface area contributed by atoms with Crippen LogP contribution in [0.2, 0.25) is 0 Å². The van der Waals surface area contributed by atoms with E-state index in [2.05, 4.69) is 16.4 Å². The fourth-order valence-corrected chi connectivity index (χ4v) is 4.69. The summed E-state index contributed by atoms with van der Waals surface area (Å²) < 4.78 is 6.33. The number of urea groups is 1. The van der Waals surface area contributed by atoms with Gasteiger partial charge >= 0.3 is 6.03 Å². The summed E-state index contributed by atoms with van der Waals surface area (Å²) in [6, 6.07) is 10.6. The van der Waals surface area contributed by atoms with Gasteiger partial charge in [0.2, 0.25) is 5.88 Å². The molecule has 3 amide bonds. The van der Waals surface area contributed by atoms with E-state index in [1.54, 1.807) is 23.0 Å². The highest BCUT2D eigenvalue weighted by atomic mass is 16.5. The molecule has 2 heterocycles. The lowest BCUT2D eigenvalue weighted by Crippen LogP contribution is -2.50. The van der Waals surface area contributed by atoms with E-state index in [9.17, 15) is 14.7 Å². The number of aliphatic hydroxyl groups is 1. The second-order valence-electron chi connectivity index (χ2n) is 9.85. The van der Waals surface area contributed by atoms with Crippen molar-refractivity contribution in [2.45, 2.75) is 51.7 Å². The number of benzene rings is 1. The quantitative estimate of drug-likeness (QED) is 0.622. The van der Waals surface area contributed by atoms with Crippen LogP contribution >= 0.6 is 0 Å². The van der Waals surface area contributed by atoms with Crippen molar-refractivity contribution < 1.29 is 19.4 Å². The Hall–Kier alpha value is -3.39. The number of amides is 3. The highest BCUT2D eigenvalue weighted by molar-refractivity contribution is 5.97. The summed E-state index contributed by atoms with van der Waals surface area (Å²) >= 11 is 0. The Morgan fingerprint density at radius 1 is 1.31 bits per heavy atom. The highest BCUT2D eigenvalue weighted by Gasteiger charge is 2.35. The number of ether oxygens (including phenoxy) is 1. The van der Waals surface area contributed by atoms with Gasteiger partial charge in [0.1, 0.15) is 11.7 Å². The molecule has 0 fully saturated rings. The van der Waals surface area contributed by atoms with Crippen LogP contribution in [-0.4, -0.2) is 70.7 Å². The lowest BCUT2D eigenvalue weighted by Gasteiger charge is -2.37. The maximum atomic E-state index is 13.6. The second-order valence-corrected chi connectivity index (χ2v) is 9.85. The summed E-state index contributed by atoms with van der Waals surface area (Å²) in [6.45, 7) is 4.39. The largest absolute Gasteiger partial charge is 0.472 e. The Morgan fingerprint density at radius 2 is 2.08 bits per heavy atom. The number of nitrogens with one attached hydrogen (secondary N) is 1. The number of likely N-dealkylation sites (N-methyl/N-ethyl adjacent to an activating group) is 1. The number of aliphatic hydroxyl groups excluding tert-OH is 1. The lowest BCUT2D eigenvalue weighted by atomic mass is 9.93. The van der Waals surface area contributed by atoms with Crippen LogP contribution in [0.25, 0.3) is 5.57 Å². The molecule has 192 valence electrons. The minimum atomic E-state index is -0.399. The van der Waals surface area contributed by atoms with Crippen molar-refractivity contribution in [1.29, 1.82) is 0 Å². The van der Waals surface area contributed by atoms with Gasteiger partial charge < -0.3 is 25.0 Å². The van der Waals surface area contributed by atoms with Crippen molar-refractivity contribution in [2.75, 3.05) is 32.1 Å². The van der Waals surface area contributed by atoms with Crippen molar-refractivity contribution in [3.8, 4) is 5.88 Å². The Morgan fingerprint density at radius 3 is 2.78 bits per heavy atom. The summed E-state index contributed by atoms with van der Waals surface area (Å²) in [5.74, 6) is -0.0351. The zero-order valence-corrected chi connectivity index (χ0v) is 21.3. The second kappa shape index (κ2) is 11.6. The normalized spacial score (nSPS) is 20.8. The van der Waals surface area contributed by atoms with Gasteiger partial charge in [-0.2, -0.15) is 0 Å². The zero-order valence-electron chi connectivity index (χ0n) is 21.3. The SMILES string of the molecule is C[C@H](CO)N1C[C@H](C)[C@@H](CN(C)C(=O)Nc2ccccc2)Oc2ncc(C3=CCCCC3)cc2C1=O. The molecule has 0 bridgehead atoms. The van der Waals surface area contributed by atoms with E-state index in [1.807, 2.05) is 50.2 Å². The number of hydrogen-bond donors (Lipinski definition) is 2. The smallest absolute Gasteiger partial charge is 0.321 e. The molecule has 1 aliphatic carbocycles. The van der Waals surface area contributed by atoms with E-state index in [1.165, 1.54) is 12.0 Å². The van der Waals surface area contributed by atoms with Crippen LogP contribution in [-0.2, 0) is 0 Å². The van der Waals surface area contributed by atoms with E-state index in [-0.39, 0.29) is 36.4 Å². The molecule has 1 aliphatic heterocycles. The number of carbonyl (C=O) groups is 2. The minimum Gasteiger partial charge on any atom is -0.472 e. The van der Waals surface area contributed by atoms with Crippen molar-refractivity contribution >= 4 is 23.2 Å². The average molecular weight is 493 g/mol. The van der Waals surface area contributed by atoms with Gasteiger partial charge in [-0.25, -0.2) is 9.78 Å². The highest BCUT2D eigenvalue weighted by Crippen LogP contribution is 2.32. The molecule has 8 nitrogen and oxygen atoms in total. The number of para-hydroxylation sites is 1. The van der Waals surface area contributed by atoms with Crippen LogP contribution in [0.15, 0.2) is 48.7 Å². The van der Waals surface area contributed by atoms with Gasteiger partial charge in [-0.1, -0.05) is 31.2 Å². The average Bonchev–Trinajstić information content (AvgIpc) is 2.91. The molecular weight excluding hydrogens is 456 g/mol. The van der Waals surface area contributed by atoms with Crippen LogP contribution in [0.1, 0.15) is 55.5 Å². The molecule has 0 saturated carbocycles. The molecule has 2 aliphatic rings. The van der Waals surface area contributed by atoms with Gasteiger partial charge in [0, 0.05) is 31.4 Å². The van der Waals surface area contributed by atoms with Gasteiger partial charge in [0.05, 0.1) is 19.2 Å². The van der Waals surface area contributed by atoms with Gasteiger partial charge in [-0.05, 0) is 61.9 Å². The number of nitrogens with zero attached hydrogens (tertiary/aromatic N) is 3. The molecule has 0 radical (unpaired) electrons. The molecule has 0 saturated heterocycles. The van der Waals surface area contributed by atoms with Gasteiger partial charge in [-0.3, -0.25) is 4.79 Å². The van der Waals surface area contributed by atoms with Crippen molar-refractivity contribution in [3.05, 3.63) is 59.8 Å².